The summed E-state index contributed by atoms with van der Waals surface area (Å²) in [5, 5.41) is 13.3. The lowest BCUT2D eigenvalue weighted by Crippen LogP contribution is -2.27. The quantitative estimate of drug-likeness (QED) is 0.724. The minimum Gasteiger partial charge on any atom is -0.506 e. The van der Waals surface area contributed by atoms with Crippen LogP contribution in [0.3, 0.4) is 0 Å². The van der Waals surface area contributed by atoms with Crippen molar-refractivity contribution in [3.63, 3.8) is 0 Å². The molecular formula is C12H16N4O. The number of para-hydroxylation sites is 1. The van der Waals surface area contributed by atoms with Gasteiger partial charge in [-0.25, -0.2) is 4.98 Å². The van der Waals surface area contributed by atoms with Crippen LogP contribution in [-0.2, 0) is 6.54 Å². The minimum atomic E-state index is 0.240. The Kier molecular flexibility index (Phi) is 2.40. The third kappa shape index (κ3) is 1.72. The van der Waals surface area contributed by atoms with E-state index < -0.39 is 0 Å². The fraction of sp³-hybridized carbons (Fsp3) is 0.417. The molecule has 1 fully saturated rings. The average molecular weight is 232 g/mol. The number of aromatic nitrogens is 2. The molecule has 2 heterocycles. The fourth-order valence-corrected chi connectivity index (χ4v) is 2.50. The maximum Gasteiger partial charge on any atom is 0.201 e. The number of nitrogen functional groups attached to an aromatic ring is 1. The van der Waals surface area contributed by atoms with Crippen LogP contribution in [0.4, 0.5) is 5.95 Å². The summed E-state index contributed by atoms with van der Waals surface area (Å²) < 4.78 is 1.90. The molecule has 0 amide bonds. The summed E-state index contributed by atoms with van der Waals surface area (Å²) in [5.41, 5.74) is 7.40. The van der Waals surface area contributed by atoms with E-state index >= 15 is 0 Å². The number of anilines is 1. The lowest BCUT2D eigenvalue weighted by atomic mass is 10.2. The summed E-state index contributed by atoms with van der Waals surface area (Å²) in [5.74, 6) is 0.708. The van der Waals surface area contributed by atoms with Crippen molar-refractivity contribution in [2.45, 2.75) is 25.4 Å². The first-order valence-corrected chi connectivity index (χ1v) is 5.93. The molecule has 1 aliphatic rings. The van der Waals surface area contributed by atoms with Gasteiger partial charge in [0, 0.05) is 12.6 Å². The number of benzene rings is 1. The summed E-state index contributed by atoms with van der Waals surface area (Å²) in [6, 6.07) is 5.74. The zero-order valence-electron chi connectivity index (χ0n) is 9.56. The van der Waals surface area contributed by atoms with Crippen molar-refractivity contribution in [2.75, 3.05) is 12.3 Å². The van der Waals surface area contributed by atoms with E-state index in [0.717, 1.165) is 30.5 Å². The van der Waals surface area contributed by atoms with Crippen LogP contribution in [0.15, 0.2) is 18.2 Å². The second kappa shape index (κ2) is 3.92. The number of aromatic hydroxyl groups is 1. The van der Waals surface area contributed by atoms with Gasteiger partial charge in [-0.15, -0.1) is 0 Å². The predicted octanol–water partition coefficient (Wildman–Crippen LogP) is 1.08. The van der Waals surface area contributed by atoms with Crippen molar-refractivity contribution < 1.29 is 5.11 Å². The predicted molar refractivity (Wildman–Crippen MR) is 66.8 cm³/mol. The normalized spacial score (nSPS) is 20.1. The molecule has 0 radical (unpaired) electrons. The van der Waals surface area contributed by atoms with Gasteiger partial charge in [0.1, 0.15) is 11.3 Å². The van der Waals surface area contributed by atoms with Crippen LogP contribution in [0, 0.1) is 0 Å². The Morgan fingerprint density at radius 3 is 3.18 bits per heavy atom. The van der Waals surface area contributed by atoms with Gasteiger partial charge in [0.05, 0.1) is 5.52 Å². The number of phenols is 1. The first-order chi connectivity index (χ1) is 8.25. The van der Waals surface area contributed by atoms with E-state index in [2.05, 4.69) is 10.3 Å². The molecule has 3 rings (SSSR count). The molecule has 4 N–H and O–H groups in total. The lowest BCUT2D eigenvalue weighted by molar-refractivity contribution is 0.472. The molecule has 0 spiro atoms. The molecule has 5 heteroatoms. The first-order valence-electron chi connectivity index (χ1n) is 5.93. The van der Waals surface area contributed by atoms with Crippen molar-refractivity contribution in [1.82, 2.24) is 14.9 Å². The highest BCUT2D eigenvalue weighted by Crippen LogP contribution is 2.27. The largest absolute Gasteiger partial charge is 0.506 e. The van der Waals surface area contributed by atoms with E-state index in [9.17, 15) is 5.11 Å². The Labute approximate surface area is 99.3 Å². The van der Waals surface area contributed by atoms with Crippen LogP contribution in [-0.4, -0.2) is 27.2 Å². The van der Waals surface area contributed by atoms with Gasteiger partial charge in [-0.3, -0.25) is 0 Å². The van der Waals surface area contributed by atoms with Gasteiger partial charge < -0.3 is 20.7 Å². The topological polar surface area (TPSA) is 76.1 Å². The molecule has 2 aromatic rings. The molecule has 5 nitrogen and oxygen atoms in total. The van der Waals surface area contributed by atoms with Crippen LogP contribution in [0.2, 0.25) is 0 Å². The smallest absolute Gasteiger partial charge is 0.201 e. The number of imidazole rings is 1. The number of nitrogens with zero attached hydrogens (tertiary/aromatic N) is 2. The van der Waals surface area contributed by atoms with Crippen molar-refractivity contribution in [3.8, 4) is 5.75 Å². The van der Waals surface area contributed by atoms with E-state index in [0.29, 0.717) is 12.0 Å². The summed E-state index contributed by atoms with van der Waals surface area (Å²) in [6.45, 7) is 1.82. The molecule has 1 atom stereocenters. The van der Waals surface area contributed by atoms with Gasteiger partial charge >= 0.3 is 0 Å². The molecule has 0 aliphatic carbocycles. The van der Waals surface area contributed by atoms with Crippen LogP contribution in [0.25, 0.3) is 11.0 Å². The van der Waals surface area contributed by atoms with E-state index in [-0.39, 0.29) is 5.75 Å². The molecule has 1 unspecified atom stereocenters. The van der Waals surface area contributed by atoms with Gasteiger partial charge in [-0.05, 0) is 31.5 Å². The minimum absolute atomic E-state index is 0.240. The maximum absolute atomic E-state index is 9.90. The number of hydrogen-bond donors (Lipinski definition) is 3. The summed E-state index contributed by atoms with van der Waals surface area (Å²) in [7, 11) is 0. The maximum atomic E-state index is 9.90. The SMILES string of the molecule is Nc1nc2cccc(O)c2n1CC1CCCN1. The Hall–Kier alpha value is -1.75. The molecule has 1 aromatic carbocycles. The number of rotatable bonds is 2. The highest BCUT2D eigenvalue weighted by molar-refractivity contribution is 5.84. The van der Waals surface area contributed by atoms with E-state index in [1.54, 1.807) is 12.1 Å². The van der Waals surface area contributed by atoms with Crippen molar-refractivity contribution >= 4 is 17.0 Å². The second-order valence-electron chi connectivity index (χ2n) is 4.52. The van der Waals surface area contributed by atoms with Gasteiger partial charge in [-0.2, -0.15) is 0 Å². The van der Waals surface area contributed by atoms with Gasteiger partial charge in [0.25, 0.3) is 0 Å². The molecule has 17 heavy (non-hydrogen) atoms. The third-order valence-corrected chi connectivity index (χ3v) is 3.34. The fourth-order valence-electron chi connectivity index (χ4n) is 2.50. The Bertz CT molecular complexity index is 543. The van der Waals surface area contributed by atoms with Gasteiger partial charge in [-0.1, -0.05) is 6.07 Å². The molecular weight excluding hydrogens is 216 g/mol. The van der Waals surface area contributed by atoms with Crippen molar-refractivity contribution in [3.05, 3.63) is 18.2 Å². The second-order valence-corrected chi connectivity index (χ2v) is 4.52. The number of phenolic OH excluding ortho intramolecular Hbond substituents is 1. The van der Waals surface area contributed by atoms with Crippen LogP contribution in [0.5, 0.6) is 5.75 Å². The van der Waals surface area contributed by atoms with Crippen LogP contribution >= 0.6 is 0 Å². The Morgan fingerprint density at radius 2 is 2.41 bits per heavy atom. The molecule has 1 saturated heterocycles. The number of hydrogen-bond acceptors (Lipinski definition) is 4. The van der Waals surface area contributed by atoms with Gasteiger partial charge in [0.15, 0.2) is 0 Å². The molecule has 1 aromatic heterocycles. The zero-order chi connectivity index (χ0) is 11.8. The van der Waals surface area contributed by atoms with Gasteiger partial charge in [0.2, 0.25) is 5.95 Å². The van der Waals surface area contributed by atoms with Crippen LogP contribution < -0.4 is 11.1 Å². The van der Waals surface area contributed by atoms with Crippen LogP contribution in [0.1, 0.15) is 12.8 Å². The summed E-state index contributed by atoms with van der Waals surface area (Å²) >= 11 is 0. The third-order valence-electron chi connectivity index (χ3n) is 3.34. The standard InChI is InChI=1S/C12H16N4O/c13-12-15-9-4-1-5-10(17)11(9)16(12)7-8-3-2-6-14-8/h1,4-5,8,14,17H,2-3,6-7H2,(H2,13,15). The highest BCUT2D eigenvalue weighted by Gasteiger charge is 2.18. The highest BCUT2D eigenvalue weighted by atomic mass is 16.3. The summed E-state index contributed by atoms with van der Waals surface area (Å²) in [4.78, 5) is 4.27. The number of nitrogens with one attached hydrogen (secondary N) is 1. The monoisotopic (exact) mass is 232 g/mol. The first kappa shape index (κ1) is 10.4. The molecule has 1 aliphatic heterocycles. The Morgan fingerprint density at radius 1 is 1.53 bits per heavy atom. The Balaban J connectivity index is 2.04. The lowest BCUT2D eigenvalue weighted by Gasteiger charge is -2.13. The van der Waals surface area contributed by atoms with Crippen molar-refractivity contribution in [1.29, 1.82) is 0 Å². The molecule has 0 bridgehead atoms. The number of nitrogens with two attached hydrogens (primary N) is 1. The van der Waals surface area contributed by atoms with E-state index in [4.69, 9.17) is 5.73 Å². The van der Waals surface area contributed by atoms with E-state index in [1.165, 1.54) is 6.42 Å². The zero-order valence-corrected chi connectivity index (χ0v) is 9.56. The summed E-state index contributed by atoms with van der Waals surface area (Å²) in [6.07, 6.45) is 2.34. The molecule has 0 saturated carbocycles. The number of fused-ring (bicyclic) bond motifs is 1. The average Bonchev–Trinajstić information content (AvgIpc) is 2.89. The van der Waals surface area contributed by atoms with E-state index in [1.807, 2.05) is 10.6 Å². The molecule has 90 valence electrons. The van der Waals surface area contributed by atoms with Crippen molar-refractivity contribution in [2.24, 2.45) is 0 Å².